The monoisotopic (exact) mass is 1170 g/mol. The molecule has 4 aliphatic heterocycles. The summed E-state index contributed by atoms with van der Waals surface area (Å²) in [4.78, 5) is 153. The van der Waals surface area contributed by atoms with Gasteiger partial charge in [0.1, 0.15) is 48.3 Å². The summed E-state index contributed by atoms with van der Waals surface area (Å²) >= 11 is 0. The van der Waals surface area contributed by atoms with Gasteiger partial charge in [0, 0.05) is 52.1 Å². The van der Waals surface area contributed by atoms with Crippen molar-refractivity contribution >= 4 is 71.0 Å². The van der Waals surface area contributed by atoms with Crippen LogP contribution in [-0.4, -0.2) is 198 Å². The average molecular weight is 1170 g/mol. The van der Waals surface area contributed by atoms with E-state index in [-0.39, 0.29) is 115 Å². The van der Waals surface area contributed by atoms with Crippen molar-refractivity contribution in [3.8, 4) is 0 Å². The Hall–Kier alpha value is -8.40. The number of hydrogen-bond donors (Lipinski definition) is 13. The second-order valence-corrected chi connectivity index (χ2v) is 21.5. The topological polar surface area (TPSA) is 440 Å². The van der Waals surface area contributed by atoms with E-state index in [0.29, 0.717) is 43.2 Å². The van der Waals surface area contributed by atoms with Crippen LogP contribution in [-0.2, 0) is 60.8 Å². The van der Waals surface area contributed by atoms with Gasteiger partial charge in [-0.05, 0) is 94.6 Å². The number of amides is 10. The highest BCUT2D eigenvalue weighted by molar-refractivity contribution is 5.99. The summed E-state index contributed by atoms with van der Waals surface area (Å²) in [6, 6.07) is 6.78. The largest absolute Gasteiger partial charge is 0.394 e. The molecule has 84 heavy (non-hydrogen) atoms. The molecule has 0 aromatic heterocycles. The zero-order valence-corrected chi connectivity index (χ0v) is 47.4. The zero-order valence-electron chi connectivity index (χ0n) is 47.4. The number of nitrogens with two attached hydrogens (primary N) is 5. The minimum absolute atomic E-state index is 0.0207. The number of aliphatic hydroxyl groups excluding tert-OH is 1. The molecule has 458 valence electrons. The lowest BCUT2D eigenvalue weighted by molar-refractivity contribution is -0.148. The molecule has 2 aromatic rings. The Morgan fingerprint density at radius 2 is 0.940 bits per heavy atom. The van der Waals surface area contributed by atoms with Crippen molar-refractivity contribution in [3.63, 3.8) is 0 Å². The van der Waals surface area contributed by atoms with Crippen LogP contribution in [0, 0.1) is 0 Å². The highest BCUT2D eigenvalue weighted by Crippen LogP contribution is 2.27. The normalized spacial score (nSPS) is 26.2. The third kappa shape index (κ3) is 19.1. The number of carbonyl (C=O) groups is 10. The van der Waals surface area contributed by atoms with Crippen molar-refractivity contribution in [2.45, 2.75) is 151 Å². The van der Waals surface area contributed by atoms with Crippen LogP contribution in [0.1, 0.15) is 94.6 Å². The number of nitrogens with zero attached hydrogens (tertiary/aromatic N) is 5. The number of hydrogen-bond acceptors (Lipinski definition) is 14. The molecule has 28 heteroatoms. The van der Waals surface area contributed by atoms with E-state index in [1.165, 1.54) is 14.7 Å². The van der Waals surface area contributed by atoms with Gasteiger partial charge >= 0.3 is 0 Å². The molecule has 0 bridgehead atoms. The molecular formula is C56H83N17O11. The van der Waals surface area contributed by atoms with Gasteiger partial charge in [0.05, 0.1) is 19.2 Å². The molecule has 10 amide bonds. The van der Waals surface area contributed by atoms with Gasteiger partial charge < -0.3 is 85.7 Å². The molecule has 0 aliphatic carbocycles. The molecular weight excluding hydrogens is 1090 g/mol. The molecule has 0 saturated carbocycles. The van der Waals surface area contributed by atoms with Crippen LogP contribution in [0.15, 0.2) is 70.6 Å². The zero-order chi connectivity index (χ0) is 60.7. The number of carbonyl (C=O) groups excluding carboxylic acids is 10. The summed E-state index contributed by atoms with van der Waals surface area (Å²) in [5.41, 5.74) is 29.9. The van der Waals surface area contributed by atoms with Crippen molar-refractivity contribution in [2.24, 2.45) is 38.7 Å². The lowest BCUT2D eigenvalue weighted by Gasteiger charge is -2.33. The fourth-order valence-electron chi connectivity index (χ4n) is 10.9. The number of aliphatic imine (C=N–C) groups is 2. The van der Waals surface area contributed by atoms with Crippen molar-refractivity contribution in [1.82, 2.24) is 51.9 Å². The number of aliphatic hydroxyl groups is 1. The van der Waals surface area contributed by atoms with Gasteiger partial charge in [-0.1, -0.05) is 60.7 Å². The molecule has 6 rings (SSSR count). The molecule has 4 saturated heterocycles. The van der Waals surface area contributed by atoms with E-state index in [2.05, 4.69) is 47.2 Å². The molecule has 0 unspecified atom stereocenters. The van der Waals surface area contributed by atoms with Crippen LogP contribution < -0.4 is 65.9 Å². The Balaban J connectivity index is 1.27. The van der Waals surface area contributed by atoms with Gasteiger partial charge in [0.2, 0.25) is 59.1 Å². The second-order valence-electron chi connectivity index (χ2n) is 21.5. The van der Waals surface area contributed by atoms with Crippen LogP contribution >= 0.6 is 0 Å². The number of rotatable bonds is 13. The number of guanidine groups is 2. The maximum Gasteiger partial charge on any atom is 0.248 e. The SMILES string of the molecule is NC(N)=NCCC[C@@H]1NC(=O)[C@@H](N)CCCCNC(=O)[C@@H](CCCN=C(N)N)NC(=O)[C@H](Cc2ccccc2)NC(=O)[C@@H]2CCCN2C(=O)[C@@H](CO)NC(=O)[C@H](Cc2ccccc2)NC(=O)CNC(=O)[C@@H]2CCCN2C(=O)[C@@H]2CCCN2C1=O. The summed E-state index contributed by atoms with van der Waals surface area (Å²) in [6.07, 6.45) is 3.42. The van der Waals surface area contributed by atoms with Crippen LogP contribution in [0.2, 0.25) is 0 Å². The maximum atomic E-state index is 14.5. The van der Waals surface area contributed by atoms with Crippen molar-refractivity contribution < 1.29 is 53.1 Å². The quantitative estimate of drug-likeness (QED) is 0.0513. The van der Waals surface area contributed by atoms with E-state index in [9.17, 15) is 53.1 Å². The molecule has 18 N–H and O–H groups in total. The van der Waals surface area contributed by atoms with Gasteiger partial charge in [0.15, 0.2) is 11.9 Å². The summed E-state index contributed by atoms with van der Waals surface area (Å²) in [5.74, 6) is -7.04. The first-order valence-electron chi connectivity index (χ1n) is 28.9. The fourth-order valence-corrected chi connectivity index (χ4v) is 10.9. The highest BCUT2D eigenvalue weighted by atomic mass is 16.3. The van der Waals surface area contributed by atoms with E-state index >= 15 is 0 Å². The molecule has 28 nitrogen and oxygen atoms in total. The van der Waals surface area contributed by atoms with Crippen LogP contribution in [0.4, 0.5) is 0 Å². The summed E-state index contributed by atoms with van der Waals surface area (Å²) in [5, 5.41) is 29.6. The van der Waals surface area contributed by atoms with Crippen LogP contribution in [0.5, 0.6) is 0 Å². The second kappa shape index (κ2) is 32.4. The fraction of sp³-hybridized carbons (Fsp3) is 0.571. The standard InChI is InChI=1S/C56H83N17O11/c57-36-18-7-8-24-62-47(77)37(19-9-25-63-55(58)59)67-49(79)40(31-35-16-5-2-6-17-35)69-51(81)43-22-12-27-71(43)53(83)41(33-74)70-48(78)39(30-34-14-3-1-4-15-34)66-45(75)32-65-50(80)42-21-11-28-72(42)54(84)44-23-13-29-73(44)52(82)38(68-46(36)76)20-10-26-64-56(60)61/h1-6,14-17,36-44,74H,7-13,18-33,57H2,(H,62,77)(H,65,80)(H,66,75)(H,67,79)(H,68,76)(H,69,81)(H,70,78)(H4,58,59,63)(H4,60,61,64)/t36-,37+,38-,39-,40-,41+,42-,43-,44-/m0/s1. The summed E-state index contributed by atoms with van der Waals surface area (Å²) in [6.45, 7) is -0.684. The molecule has 2 aromatic carbocycles. The Morgan fingerprint density at radius 1 is 0.476 bits per heavy atom. The maximum absolute atomic E-state index is 14.5. The molecule has 9 atom stereocenters. The molecule has 4 aliphatic rings. The molecule has 4 heterocycles. The minimum atomic E-state index is -1.58. The van der Waals surface area contributed by atoms with Crippen molar-refractivity contribution in [1.29, 1.82) is 0 Å². The van der Waals surface area contributed by atoms with Gasteiger partial charge in [-0.15, -0.1) is 0 Å². The van der Waals surface area contributed by atoms with Crippen LogP contribution in [0.25, 0.3) is 0 Å². The third-order valence-corrected chi connectivity index (χ3v) is 15.3. The van der Waals surface area contributed by atoms with E-state index < -0.39 is 127 Å². The van der Waals surface area contributed by atoms with Gasteiger partial charge in [-0.2, -0.15) is 0 Å². The smallest absolute Gasteiger partial charge is 0.248 e. The van der Waals surface area contributed by atoms with Gasteiger partial charge in [-0.25, -0.2) is 0 Å². The first-order chi connectivity index (χ1) is 40.3. The molecule has 4 fully saturated rings. The first-order valence-corrected chi connectivity index (χ1v) is 28.9. The number of fused-ring (bicyclic) bond motifs is 3. The summed E-state index contributed by atoms with van der Waals surface area (Å²) in [7, 11) is 0. The van der Waals surface area contributed by atoms with E-state index in [1.807, 2.05) is 0 Å². The first kappa shape index (κ1) is 64.8. The minimum Gasteiger partial charge on any atom is -0.394 e. The van der Waals surface area contributed by atoms with Crippen LogP contribution in [0.3, 0.4) is 0 Å². The van der Waals surface area contributed by atoms with E-state index in [4.69, 9.17) is 28.7 Å². The Bertz CT molecular complexity index is 2680. The number of nitrogens with one attached hydrogen (secondary N) is 7. The third-order valence-electron chi connectivity index (χ3n) is 15.3. The molecule has 0 spiro atoms. The van der Waals surface area contributed by atoms with Gasteiger partial charge in [-0.3, -0.25) is 57.9 Å². The summed E-state index contributed by atoms with van der Waals surface area (Å²) < 4.78 is 0. The Kier molecular flexibility index (Phi) is 25.0. The van der Waals surface area contributed by atoms with E-state index in [0.717, 1.165) is 0 Å². The molecule has 0 radical (unpaired) electrons. The Labute approximate surface area is 488 Å². The van der Waals surface area contributed by atoms with Crippen molar-refractivity contribution in [3.05, 3.63) is 71.8 Å². The average Bonchev–Trinajstić information content (AvgIpc) is 4.15. The van der Waals surface area contributed by atoms with Crippen molar-refractivity contribution in [2.75, 3.05) is 52.4 Å². The highest BCUT2D eigenvalue weighted by Gasteiger charge is 2.44. The predicted octanol–water partition coefficient (Wildman–Crippen LogP) is -4.29. The lowest BCUT2D eigenvalue weighted by Crippen LogP contribution is -2.60. The lowest BCUT2D eigenvalue weighted by atomic mass is 10.0. The van der Waals surface area contributed by atoms with Gasteiger partial charge in [0.25, 0.3) is 0 Å². The predicted molar refractivity (Wildman–Crippen MR) is 309 cm³/mol. The number of benzene rings is 2. The van der Waals surface area contributed by atoms with E-state index in [1.54, 1.807) is 60.7 Å². The Morgan fingerprint density at radius 3 is 1.50 bits per heavy atom.